The van der Waals surface area contributed by atoms with Crippen LogP contribution in [0.3, 0.4) is 0 Å². The van der Waals surface area contributed by atoms with E-state index in [2.05, 4.69) is 20.9 Å². The Labute approximate surface area is 76.0 Å². The van der Waals surface area contributed by atoms with Gasteiger partial charge in [-0.3, -0.25) is 0 Å². The van der Waals surface area contributed by atoms with Gasteiger partial charge in [0.2, 0.25) is 0 Å². The first-order valence-electron chi connectivity index (χ1n) is 2.99. The summed E-state index contributed by atoms with van der Waals surface area (Å²) >= 11 is 3.00. The molecule has 1 aromatic rings. The molecule has 0 radical (unpaired) electrons. The molecule has 0 atom stereocenters. The van der Waals surface area contributed by atoms with Gasteiger partial charge in [-0.05, 0) is 12.1 Å². The van der Waals surface area contributed by atoms with E-state index in [1.165, 1.54) is 12.1 Å². The van der Waals surface area contributed by atoms with Crippen LogP contribution in [0.25, 0.3) is 0 Å². The predicted octanol–water partition coefficient (Wildman–Crippen LogP) is 2.65. The van der Waals surface area contributed by atoms with Crippen molar-refractivity contribution in [3.05, 3.63) is 28.0 Å². The maximum Gasteiger partial charge on any atom is 0.280 e. The quantitative estimate of drug-likeness (QED) is 0.747. The molecular weight excluding hydrogens is 230 g/mol. The second-order valence-electron chi connectivity index (χ2n) is 2.01. The third-order valence-corrected chi connectivity index (χ3v) is 1.61. The number of halogens is 3. The highest BCUT2D eigenvalue weighted by Crippen LogP contribution is 2.20. The molecule has 1 heterocycles. The van der Waals surface area contributed by atoms with Gasteiger partial charge < -0.3 is 0 Å². The lowest BCUT2D eigenvalue weighted by molar-refractivity contribution is 0.146. The molecule has 12 heavy (non-hydrogen) atoms. The van der Waals surface area contributed by atoms with Gasteiger partial charge in [-0.15, -0.1) is 0 Å². The molecule has 0 aliphatic heterocycles. The van der Waals surface area contributed by atoms with Crippen LogP contribution in [0.4, 0.5) is 8.78 Å². The van der Waals surface area contributed by atoms with E-state index in [0.29, 0.717) is 4.47 Å². The van der Waals surface area contributed by atoms with Crippen LogP contribution in [0.1, 0.15) is 17.8 Å². The third-order valence-electron chi connectivity index (χ3n) is 1.15. The van der Waals surface area contributed by atoms with Gasteiger partial charge >= 0.3 is 0 Å². The van der Waals surface area contributed by atoms with E-state index in [4.69, 9.17) is 5.26 Å². The number of nitrogens with zero attached hydrogens (tertiary/aromatic N) is 2. The fraction of sp³-hybridized carbons (Fsp3) is 0.143. The number of hydrogen-bond donors (Lipinski definition) is 0. The first kappa shape index (κ1) is 9.07. The molecular formula is C7H3BrF2N2. The molecule has 0 saturated carbocycles. The van der Waals surface area contributed by atoms with Crippen LogP contribution in [0.15, 0.2) is 16.6 Å². The van der Waals surface area contributed by atoms with Gasteiger partial charge in [0, 0.05) is 4.47 Å². The van der Waals surface area contributed by atoms with Crippen molar-refractivity contribution in [2.24, 2.45) is 0 Å². The Morgan fingerprint density at radius 1 is 1.50 bits per heavy atom. The molecule has 2 nitrogen and oxygen atoms in total. The van der Waals surface area contributed by atoms with E-state index in [0.717, 1.165) is 0 Å². The van der Waals surface area contributed by atoms with Gasteiger partial charge in [0.15, 0.2) is 0 Å². The lowest BCUT2D eigenvalue weighted by atomic mass is 10.3. The third kappa shape index (κ3) is 1.98. The number of nitriles is 1. The average molecular weight is 233 g/mol. The Kier molecular flexibility index (Phi) is 2.71. The van der Waals surface area contributed by atoms with E-state index in [1.807, 2.05) is 0 Å². The summed E-state index contributed by atoms with van der Waals surface area (Å²) in [6, 6.07) is 4.26. The Hall–Kier alpha value is -1.02. The Morgan fingerprint density at radius 2 is 2.17 bits per heavy atom. The molecule has 0 fully saturated rings. The summed E-state index contributed by atoms with van der Waals surface area (Å²) in [7, 11) is 0. The molecule has 0 aliphatic carbocycles. The van der Waals surface area contributed by atoms with Crippen molar-refractivity contribution in [3.8, 4) is 6.07 Å². The molecule has 0 amide bonds. The maximum atomic E-state index is 12.1. The van der Waals surface area contributed by atoms with Crippen LogP contribution in [0, 0.1) is 11.3 Å². The van der Waals surface area contributed by atoms with Crippen molar-refractivity contribution in [2.45, 2.75) is 6.43 Å². The van der Waals surface area contributed by atoms with E-state index < -0.39 is 6.43 Å². The zero-order chi connectivity index (χ0) is 9.14. The van der Waals surface area contributed by atoms with E-state index in [9.17, 15) is 8.78 Å². The molecule has 0 aromatic carbocycles. The van der Waals surface area contributed by atoms with Gasteiger partial charge in [-0.2, -0.15) is 5.26 Å². The van der Waals surface area contributed by atoms with Crippen LogP contribution in [0.5, 0.6) is 0 Å². The van der Waals surface area contributed by atoms with Crippen molar-refractivity contribution in [1.82, 2.24) is 4.98 Å². The summed E-state index contributed by atoms with van der Waals surface area (Å²) in [5.41, 5.74) is -0.402. The molecule has 0 N–H and O–H groups in total. The average Bonchev–Trinajstić information content (AvgIpc) is 2.03. The summed E-state index contributed by atoms with van der Waals surface area (Å²) in [5.74, 6) is 0. The largest absolute Gasteiger partial charge is 0.280 e. The van der Waals surface area contributed by atoms with Crippen molar-refractivity contribution in [3.63, 3.8) is 0 Å². The molecule has 5 heteroatoms. The van der Waals surface area contributed by atoms with Gasteiger partial charge in [-0.1, -0.05) is 15.9 Å². The topological polar surface area (TPSA) is 36.7 Å². The summed E-state index contributed by atoms with van der Waals surface area (Å²) < 4.78 is 24.6. The SMILES string of the molecule is N#Cc1cc(Br)cc(C(F)F)n1. The maximum absolute atomic E-state index is 12.1. The van der Waals surface area contributed by atoms with Crippen molar-refractivity contribution < 1.29 is 8.78 Å². The van der Waals surface area contributed by atoms with Gasteiger partial charge in [-0.25, -0.2) is 13.8 Å². The fourth-order valence-corrected chi connectivity index (χ4v) is 1.14. The minimum Gasteiger partial charge on any atom is -0.236 e. The minimum absolute atomic E-state index is 0.0142. The molecule has 0 bridgehead atoms. The van der Waals surface area contributed by atoms with Gasteiger partial charge in [0.05, 0.1) is 0 Å². The zero-order valence-corrected chi connectivity index (χ0v) is 7.35. The predicted molar refractivity (Wildman–Crippen MR) is 41.6 cm³/mol. The highest BCUT2D eigenvalue weighted by molar-refractivity contribution is 9.10. The van der Waals surface area contributed by atoms with Crippen LogP contribution >= 0.6 is 15.9 Å². The van der Waals surface area contributed by atoms with Crippen molar-refractivity contribution >= 4 is 15.9 Å². The summed E-state index contributed by atoms with van der Waals surface area (Å²) in [4.78, 5) is 3.41. The van der Waals surface area contributed by atoms with Crippen molar-refractivity contribution in [1.29, 1.82) is 5.26 Å². The smallest absolute Gasteiger partial charge is 0.236 e. The Bertz CT molecular complexity index is 333. The number of alkyl halides is 2. The lowest BCUT2D eigenvalue weighted by Gasteiger charge is -1.99. The number of pyridine rings is 1. The molecule has 0 aliphatic rings. The standard InChI is InChI=1S/C7H3BrF2N2/c8-4-1-5(3-11)12-6(2-4)7(9)10/h1-2,7H. The summed E-state index contributed by atoms with van der Waals surface area (Å²) in [5, 5.41) is 8.39. The summed E-state index contributed by atoms with van der Waals surface area (Å²) in [6.07, 6.45) is -2.64. The second-order valence-corrected chi connectivity index (χ2v) is 2.92. The minimum atomic E-state index is -2.64. The monoisotopic (exact) mass is 232 g/mol. The molecule has 62 valence electrons. The van der Waals surface area contributed by atoms with Gasteiger partial charge in [0.1, 0.15) is 17.5 Å². The van der Waals surface area contributed by atoms with E-state index in [-0.39, 0.29) is 11.4 Å². The number of hydrogen-bond acceptors (Lipinski definition) is 2. The number of rotatable bonds is 1. The van der Waals surface area contributed by atoms with Crippen LogP contribution in [0.2, 0.25) is 0 Å². The highest BCUT2D eigenvalue weighted by atomic mass is 79.9. The molecule has 0 spiro atoms. The van der Waals surface area contributed by atoms with Crippen LogP contribution < -0.4 is 0 Å². The van der Waals surface area contributed by atoms with Crippen LogP contribution in [-0.4, -0.2) is 4.98 Å². The number of aromatic nitrogens is 1. The molecule has 1 aromatic heterocycles. The Balaban J connectivity index is 3.17. The van der Waals surface area contributed by atoms with Crippen LogP contribution in [-0.2, 0) is 0 Å². The van der Waals surface area contributed by atoms with Gasteiger partial charge in [0.25, 0.3) is 6.43 Å². The normalized spacial score (nSPS) is 9.92. The van der Waals surface area contributed by atoms with E-state index in [1.54, 1.807) is 6.07 Å². The molecule has 1 rings (SSSR count). The zero-order valence-electron chi connectivity index (χ0n) is 5.76. The fourth-order valence-electron chi connectivity index (χ4n) is 0.686. The first-order chi connectivity index (χ1) is 5.63. The first-order valence-corrected chi connectivity index (χ1v) is 3.78. The van der Waals surface area contributed by atoms with E-state index >= 15 is 0 Å². The highest BCUT2D eigenvalue weighted by Gasteiger charge is 2.10. The van der Waals surface area contributed by atoms with Crippen molar-refractivity contribution in [2.75, 3.05) is 0 Å². The lowest BCUT2D eigenvalue weighted by Crippen LogP contribution is -1.92. The second kappa shape index (κ2) is 3.59. The summed E-state index contributed by atoms with van der Waals surface area (Å²) in [6.45, 7) is 0. The Morgan fingerprint density at radius 3 is 2.67 bits per heavy atom. The molecule has 0 unspecified atom stereocenters. The molecule has 0 saturated heterocycles.